The van der Waals surface area contributed by atoms with Gasteiger partial charge in [-0.1, -0.05) is 30.3 Å². The average molecular weight is 287 g/mol. The molecule has 1 heterocycles. The Morgan fingerprint density at radius 3 is 2.76 bits per heavy atom. The van der Waals surface area contributed by atoms with Crippen LogP contribution in [0.1, 0.15) is 17.5 Å². The summed E-state index contributed by atoms with van der Waals surface area (Å²) in [5.41, 5.74) is 2.10. The zero-order valence-electron chi connectivity index (χ0n) is 12.2. The molecule has 0 unspecified atom stereocenters. The van der Waals surface area contributed by atoms with Crippen molar-refractivity contribution in [1.29, 1.82) is 0 Å². The molecule has 2 rings (SSSR count). The Morgan fingerprint density at radius 1 is 1.33 bits per heavy atom. The maximum atomic E-state index is 11.7. The maximum Gasteiger partial charge on any atom is 0.220 e. The van der Waals surface area contributed by atoms with Crippen LogP contribution in [0.3, 0.4) is 0 Å². The van der Waals surface area contributed by atoms with E-state index in [4.69, 9.17) is 0 Å². The van der Waals surface area contributed by atoms with Gasteiger partial charge in [0.15, 0.2) is 0 Å². The zero-order valence-corrected chi connectivity index (χ0v) is 12.2. The van der Waals surface area contributed by atoms with Gasteiger partial charge in [-0.25, -0.2) is 0 Å². The van der Waals surface area contributed by atoms with Crippen LogP contribution < -0.4 is 5.32 Å². The summed E-state index contributed by atoms with van der Waals surface area (Å²) in [5.74, 6) is -0.0500. The second kappa shape index (κ2) is 7.59. The highest BCUT2D eigenvalue weighted by molar-refractivity contribution is 5.76. The van der Waals surface area contributed by atoms with Crippen molar-refractivity contribution in [2.24, 2.45) is 7.05 Å². The summed E-state index contributed by atoms with van der Waals surface area (Å²) in [4.78, 5) is 11.7. The van der Waals surface area contributed by atoms with Gasteiger partial charge < -0.3 is 10.4 Å². The van der Waals surface area contributed by atoms with Gasteiger partial charge >= 0.3 is 0 Å². The normalized spacial score (nSPS) is 12.1. The molecule has 0 spiro atoms. The summed E-state index contributed by atoms with van der Waals surface area (Å²) in [6.45, 7) is 0.279. The second-order valence-electron chi connectivity index (χ2n) is 5.17. The molecule has 0 aliphatic carbocycles. The molecule has 5 heteroatoms. The third-order valence-corrected chi connectivity index (χ3v) is 3.25. The van der Waals surface area contributed by atoms with Crippen LogP contribution in [-0.4, -0.2) is 33.4 Å². The van der Waals surface area contributed by atoms with Crippen LogP contribution in [0.2, 0.25) is 0 Å². The minimum atomic E-state index is -0.560. The number of carbonyl (C=O) groups is 1. The number of aliphatic hydroxyl groups excluding tert-OH is 1. The Hall–Kier alpha value is -2.14. The van der Waals surface area contributed by atoms with E-state index in [0.29, 0.717) is 19.3 Å². The largest absolute Gasteiger partial charge is 0.391 e. The minimum absolute atomic E-state index is 0.0500. The molecule has 21 heavy (non-hydrogen) atoms. The van der Waals surface area contributed by atoms with E-state index in [0.717, 1.165) is 11.1 Å². The van der Waals surface area contributed by atoms with Crippen molar-refractivity contribution in [2.75, 3.05) is 6.54 Å². The first-order chi connectivity index (χ1) is 10.1. The first-order valence-corrected chi connectivity index (χ1v) is 7.09. The molecule has 2 N–H and O–H groups in total. The fourth-order valence-corrected chi connectivity index (χ4v) is 2.14. The average Bonchev–Trinajstić information content (AvgIpc) is 2.90. The molecule has 0 saturated heterocycles. The Labute approximate surface area is 124 Å². The van der Waals surface area contributed by atoms with E-state index in [-0.39, 0.29) is 12.5 Å². The van der Waals surface area contributed by atoms with Crippen molar-refractivity contribution >= 4 is 5.91 Å². The van der Waals surface area contributed by atoms with Crippen molar-refractivity contribution < 1.29 is 9.90 Å². The van der Waals surface area contributed by atoms with Crippen LogP contribution in [-0.2, 0) is 24.7 Å². The standard InChI is InChI=1S/C16H21N3O2/c1-19-12-14(10-18-19)7-8-16(21)17-11-15(20)9-13-5-3-2-4-6-13/h2-6,10,12,15,20H,7-9,11H2,1H3,(H,17,21)/t15-/m0/s1. The van der Waals surface area contributed by atoms with Crippen LogP contribution >= 0.6 is 0 Å². The molecule has 112 valence electrons. The van der Waals surface area contributed by atoms with Gasteiger partial charge in [-0.2, -0.15) is 5.10 Å². The quantitative estimate of drug-likeness (QED) is 0.800. The van der Waals surface area contributed by atoms with Crippen molar-refractivity contribution in [3.05, 3.63) is 53.9 Å². The van der Waals surface area contributed by atoms with Gasteiger partial charge in [0, 0.05) is 32.6 Å². The van der Waals surface area contributed by atoms with Gasteiger partial charge in [0.25, 0.3) is 0 Å². The molecule has 0 bridgehead atoms. The van der Waals surface area contributed by atoms with E-state index in [9.17, 15) is 9.90 Å². The number of amides is 1. The molecular weight excluding hydrogens is 266 g/mol. The fraction of sp³-hybridized carbons (Fsp3) is 0.375. The lowest BCUT2D eigenvalue weighted by Gasteiger charge is -2.11. The molecule has 1 amide bonds. The zero-order chi connectivity index (χ0) is 15.1. The molecule has 5 nitrogen and oxygen atoms in total. The van der Waals surface area contributed by atoms with Crippen molar-refractivity contribution in [3.63, 3.8) is 0 Å². The molecule has 1 aromatic heterocycles. The van der Waals surface area contributed by atoms with E-state index in [2.05, 4.69) is 10.4 Å². The highest BCUT2D eigenvalue weighted by Crippen LogP contribution is 2.03. The van der Waals surface area contributed by atoms with Crippen molar-refractivity contribution in [2.45, 2.75) is 25.4 Å². The van der Waals surface area contributed by atoms with Gasteiger partial charge in [-0.15, -0.1) is 0 Å². The molecule has 0 radical (unpaired) electrons. The monoisotopic (exact) mass is 287 g/mol. The molecule has 1 aromatic carbocycles. The van der Waals surface area contributed by atoms with E-state index >= 15 is 0 Å². The predicted molar refractivity (Wildman–Crippen MR) is 80.7 cm³/mol. The van der Waals surface area contributed by atoms with Gasteiger partial charge in [0.1, 0.15) is 0 Å². The van der Waals surface area contributed by atoms with Crippen LogP contribution in [0.5, 0.6) is 0 Å². The Kier molecular flexibility index (Phi) is 5.51. The van der Waals surface area contributed by atoms with Crippen LogP contribution in [0.15, 0.2) is 42.7 Å². The summed E-state index contributed by atoms with van der Waals surface area (Å²) in [6.07, 6.45) is 4.71. The molecule has 1 atom stereocenters. The number of hydrogen-bond donors (Lipinski definition) is 2. The number of benzene rings is 1. The highest BCUT2D eigenvalue weighted by atomic mass is 16.3. The summed E-state index contributed by atoms with van der Waals surface area (Å²) in [7, 11) is 1.85. The van der Waals surface area contributed by atoms with Crippen LogP contribution in [0.4, 0.5) is 0 Å². The van der Waals surface area contributed by atoms with Gasteiger partial charge in [0.2, 0.25) is 5.91 Å². The van der Waals surface area contributed by atoms with Gasteiger partial charge in [-0.3, -0.25) is 9.48 Å². The third kappa shape index (κ3) is 5.39. The Morgan fingerprint density at radius 2 is 2.10 bits per heavy atom. The number of aromatic nitrogens is 2. The summed E-state index contributed by atoms with van der Waals surface area (Å²) in [5, 5.41) is 16.7. The summed E-state index contributed by atoms with van der Waals surface area (Å²) >= 11 is 0. The van der Waals surface area contributed by atoms with Crippen molar-refractivity contribution in [1.82, 2.24) is 15.1 Å². The predicted octanol–water partition coefficient (Wildman–Crippen LogP) is 1.07. The van der Waals surface area contributed by atoms with Crippen LogP contribution in [0.25, 0.3) is 0 Å². The molecule has 0 aliphatic rings. The number of nitrogens with one attached hydrogen (secondary N) is 1. The van der Waals surface area contributed by atoms with Gasteiger partial charge in [0.05, 0.1) is 12.3 Å². The number of aryl methyl sites for hydroxylation is 2. The maximum absolute atomic E-state index is 11.7. The van der Waals surface area contributed by atoms with E-state index in [1.165, 1.54) is 0 Å². The first-order valence-electron chi connectivity index (χ1n) is 7.09. The smallest absolute Gasteiger partial charge is 0.220 e. The molecular formula is C16H21N3O2. The topological polar surface area (TPSA) is 67.2 Å². The molecule has 0 fully saturated rings. The number of nitrogens with zero attached hydrogens (tertiary/aromatic N) is 2. The molecule has 0 aliphatic heterocycles. The second-order valence-corrected chi connectivity index (χ2v) is 5.17. The van der Waals surface area contributed by atoms with Gasteiger partial charge in [-0.05, 0) is 17.5 Å². The van der Waals surface area contributed by atoms with Crippen molar-refractivity contribution in [3.8, 4) is 0 Å². The fourth-order valence-electron chi connectivity index (χ4n) is 2.14. The van der Waals surface area contributed by atoms with E-state index in [1.807, 2.05) is 43.6 Å². The molecule has 0 saturated carbocycles. The number of rotatable bonds is 7. The van der Waals surface area contributed by atoms with E-state index in [1.54, 1.807) is 10.9 Å². The Bertz CT molecular complexity index is 566. The lowest BCUT2D eigenvalue weighted by molar-refractivity contribution is -0.121. The minimum Gasteiger partial charge on any atom is -0.391 e. The summed E-state index contributed by atoms with van der Waals surface area (Å²) < 4.78 is 1.72. The highest BCUT2D eigenvalue weighted by Gasteiger charge is 2.08. The lowest BCUT2D eigenvalue weighted by atomic mass is 10.1. The number of aliphatic hydroxyl groups is 1. The van der Waals surface area contributed by atoms with Crippen LogP contribution in [0, 0.1) is 0 Å². The summed E-state index contributed by atoms with van der Waals surface area (Å²) in [6, 6.07) is 9.75. The first kappa shape index (κ1) is 15.3. The van der Waals surface area contributed by atoms with E-state index < -0.39 is 6.10 Å². The SMILES string of the molecule is Cn1cc(CCC(=O)NC[C@@H](O)Cc2ccccc2)cn1. The molecule has 2 aromatic rings. The Balaban J connectivity index is 1.66. The number of hydrogen-bond acceptors (Lipinski definition) is 3. The number of carbonyl (C=O) groups excluding carboxylic acids is 1. The lowest BCUT2D eigenvalue weighted by Crippen LogP contribution is -2.33. The third-order valence-electron chi connectivity index (χ3n) is 3.25.